The molecular formula is C17H15Cl2NO4. The molecule has 0 fully saturated rings. The molecule has 0 aliphatic rings. The summed E-state index contributed by atoms with van der Waals surface area (Å²) in [6.45, 7) is 1.56. The monoisotopic (exact) mass is 367 g/mol. The first kappa shape index (κ1) is 18.1. The maximum Gasteiger partial charge on any atom is 0.337 e. The second-order valence-electron chi connectivity index (χ2n) is 4.93. The van der Waals surface area contributed by atoms with Gasteiger partial charge in [-0.15, -0.1) is 0 Å². The van der Waals surface area contributed by atoms with Crippen molar-refractivity contribution >= 4 is 40.8 Å². The van der Waals surface area contributed by atoms with Crippen LogP contribution in [0.5, 0.6) is 5.75 Å². The number of carbonyl (C=O) groups excluding carboxylic acids is 2. The summed E-state index contributed by atoms with van der Waals surface area (Å²) in [6, 6.07) is 9.63. The number of amides is 1. The van der Waals surface area contributed by atoms with Crippen LogP contribution in [0.25, 0.3) is 0 Å². The minimum Gasteiger partial charge on any atom is -0.482 e. The number of anilines is 1. The van der Waals surface area contributed by atoms with E-state index in [-0.39, 0.29) is 6.61 Å². The number of rotatable bonds is 5. The van der Waals surface area contributed by atoms with Gasteiger partial charge in [0.05, 0.1) is 17.7 Å². The van der Waals surface area contributed by atoms with Gasteiger partial charge in [-0.05, 0) is 36.8 Å². The number of ether oxygens (including phenoxy) is 2. The molecule has 2 aromatic rings. The Morgan fingerprint density at radius 1 is 1.12 bits per heavy atom. The largest absolute Gasteiger partial charge is 0.482 e. The number of benzene rings is 2. The predicted molar refractivity (Wildman–Crippen MR) is 93.1 cm³/mol. The molecule has 24 heavy (non-hydrogen) atoms. The fraction of sp³-hybridized carbons (Fsp3) is 0.176. The molecule has 1 N–H and O–H groups in total. The third kappa shape index (κ3) is 4.63. The van der Waals surface area contributed by atoms with Crippen molar-refractivity contribution in [1.29, 1.82) is 0 Å². The van der Waals surface area contributed by atoms with Crippen LogP contribution in [-0.4, -0.2) is 25.6 Å². The molecule has 0 heterocycles. The number of methoxy groups -OCH3 is 1. The number of halogens is 2. The first-order valence-electron chi connectivity index (χ1n) is 6.97. The summed E-state index contributed by atoms with van der Waals surface area (Å²) in [5.74, 6) is -0.553. The van der Waals surface area contributed by atoms with Crippen molar-refractivity contribution in [3.63, 3.8) is 0 Å². The van der Waals surface area contributed by atoms with Crippen molar-refractivity contribution in [3.05, 3.63) is 57.6 Å². The van der Waals surface area contributed by atoms with Crippen molar-refractivity contribution in [2.24, 2.45) is 0 Å². The molecule has 0 bridgehead atoms. The maximum absolute atomic E-state index is 12.1. The minimum absolute atomic E-state index is 0.248. The fourth-order valence-corrected chi connectivity index (χ4v) is 2.25. The Kier molecular flexibility index (Phi) is 6.06. The standard InChI is InChI=1S/C17H15Cl2NO4/c1-10-3-4-11(17(22)23-2)7-14(10)20-16(21)9-24-15-8-12(18)5-6-13(15)19/h3-8H,9H2,1-2H3,(H,20,21). The Labute approximate surface area is 149 Å². The molecule has 1 amide bonds. The summed E-state index contributed by atoms with van der Waals surface area (Å²) in [7, 11) is 1.29. The van der Waals surface area contributed by atoms with Crippen molar-refractivity contribution in [2.45, 2.75) is 6.92 Å². The second kappa shape index (κ2) is 8.04. The van der Waals surface area contributed by atoms with Gasteiger partial charge in [0, 0.05) is 16.8 Å². The van der Waals surface area contributed by atoms with Crippen LogP contribution in [0.3, 0.4) is 0 Å². The van der Waals surface area contributed by atoms with Crippen molar-refractivity contribution in [3.8, 4) is 5.75 Å². The van der Waals surface area contributed by atoms with E-state index >= 15 is 0 Å². The normalized spacial score (nSPS) is 10.2. The zero-order chi connectivity index (χ0) is 17.7. The zero-order valence-corrected chi connectivity index (χ0v) is 14.6. The molecule has 0 aliphatic carbocycles. The summed E-state index contributed by atoms with van der Waals surface area (Å²) < 4.78 is 10.0. The third-order valence-corrected chi connectivity index (χ3v) is 3.73. The van der Waals surface area contributed by atoms with Crippen LogP contribution in [0.1, 0.15) is 15.9 Å². The van der Waals surface area contributed by atoms with Crippen LogP contribution in [0.4, 0.5) is 5.69 Å². The molecule has 0 unspecified atom stereocenters. The van der Waals surface area contributed by atoms with Gasteiger partial charge < -0.3 is 14.8 Å². The van der Waals surface area contributed by atoms with E-state index in [1.165, 1.54) is 13.2 Å². The molecule has 126 valence electrons. The third-order valence-electron chi connectivity index (χ3n) is 3.18. The molecule has 5 nitrogen and oxygen atoms in total. The molecule has 0 aliphatic heterocycles. The Morgan fingerprint density at radius 2 is 1.88 bits per heavy atom. The van der Waals surface area contributed by atoms with Crippen LogP contribution in [0.15, 0.2) is 36.4 Å². The molecular weight excluding hydrogens is 353 g/mol. The number of carbonyl (C=O) groups is 2. The Balaban J connectivity index is 2.04. The summed E-state index contributed by atoms with van der Waals surface area (Å²) in [5.41, 5.74) is 1.65. The average Bonchev–Trinajstić information content (AvgIpc) is 2.57. The Morgan fingerprint density at radius 3 is 2.58 bits per heavy atom. The number of esters is 1. The number of hydrogen-bond donors (Lipinski definition) is 1. The van der Waals surface area contributed by atoms with Gasteiger partial charge in [0.15, 0.2) is 6.61 Å². The highest BCUT2D eigenvalue weighted by Crippen LogP contribution is 2.27. The van der Waals surface area contributed by atoms with E-state index in [0.717, 1.165) is 5.56 Å². The Hall–Kier alpha value is -2.24. The van der Waals surface area contributed by atoms with Gasteiger partial charge in [0.2, 0.25) is 0 Å². The van der Waals surface area contributed by atoms with Crippen LogP contribution in [0, 0.1) is 6.92 Å². The maximum atomic E-state index is 12.1. The topological polar surface area (TPSA) is 64.6 Å². The zero-order valence-electron chi connectivity index (χ0n) is 13.1. The first-order valence-corrected chi connectivity index (χ1v) is 7.73. The molecule has 2 rings (SSSR count). The lowest BCUT2D eigenvalue weighted by Crippen LogP contribution is -2.21. The first-order chi connectivity index (χ1) is 11.4. The van der Waals surface area contributed by atoms with E-state index in [2.05, 4.69) is 10.1 Å². The van der Waals surface area contributed by atoms with Crippen LogP contribution in [-0.2, 0) is 9.53 Å². The van der Waals surface area contributed by atoms with E-state index in [4.69, 9.17) is 27.9 Å². The van der Waals surface area contributed by atoms with Gasteiger partial charge >= 0.3 is 5.97 Å². The summed E-state index contributed by atoms with van der Waals surface area (Å²) in [6.07, 6.45) is 0. The van der Waals surface area contributed by atoms with Crippen LogP contribution >= 0.6 is 23.2 Å². The van der Waals surface area contributed by atoms with Gasteiger partial charge in [0.1, 0.15) is 5.75 Å². The smallest absolute Gasteiger partial charge is 0.337 e. The van der Waals surface area contributed by atoms with Crippen molar-refractivity contribution in [2.75, 3.05) is 19.0 Å². The lowest BCUT2D eigenvalue weighted by atomic mass is 10.1. The number of aryl methyl sites for hydroxylation is 1. The van der Waals surface area contributed by atoms with E-state index in [0.29, 0.717) is 27.0 Å². The average molecular weight is 368 g/mol. The van der Waals surface area contributed by atoms with E-state index < -0.39 is 11.9 Å². The van der Waals surface area contributed by atoms with Gasteiger partial charge in [-0.1, -0.05) is 29.3 Å². The van der Waals surface area contributed by atoms with E-state index in [1.54, 1.807) is 30.3 Å². The lowest BCUT2D eigenvalue weighted by Gasteiger charge is -2.11. The molecule has 2 aromatic carbocycles. The minimum atomic E-state index is -0.479. The molecule has 0 spiro atoms. The summed E-state index contributed by atoms with van der Waals surface area (Å²) in [5, 5.41) is 3.50. The van der Waals surface area contributed by atoms with Crippen LogP contribution in [0.2, 0.25) is 10.0 Å². The van der Waals surface area contributed by atoms with Gasteiger partial charge in [-0.2, -0.15) is 0 Å². The lowest BCUT2D eigenvalue weighted by molar-refractivity contribution is -0.118. The van der Waals surface area contributed by atoms with Gasteiger partial charge in [-0.3, -0.25) is 4.79 Å². The van der Waals surface area contributed by atoms with Crippen LogP contribution < -0.4 is 10.1 Å². The van der Waals surface area contributed by atoms with Gasteiger partial charge in [-0.25, -0.2) is 4.79 Å². The van der Waals surface area contributed by atoms with E-state index in [1.807, 2.05) is 6.92 Å². The van der Waals surface area contributed by atoms with Crippen molar-refractivity contribution in [1.82, 2.24) is 0 Å². The number of nitrogens with one attached hydrogen (secondary N) is 1. The molecule has 0 radical (unpaired) electrons. The molecule has 0 saturated heterocycles. The Bertz CT molecular complexity index is 777. The molecule has 7 heteroatoms. The fourth-order valence-electron chi connectivity index (χ4n) is 1.92. The van der Waals surface area contributed by atoms with Crippen molar-refractivity contribution < 1.29 is 19.1 Å². The predicted octanol–water partition coefficient (Wildman–Crippen LogP) is 4.11. The summed E-state index contributed by atoms with van der Waals surface area (Å²) in [4.78, 5) is 23.6. The highest BCUT2D eigenvalue weighted by molar-refractivity contribution is 6.34. The van der Waals surface area contributed by atoms with E-state index in [9.17, 15) is 9.59 Å². The molecule has 0 saturated carbocycles. The molecule has 0 aromatic heterocycles. The quantitative estimate of drug-likeness (QED) is 0.807. The van der Waals surface area contributed by atoms with Gasteiger partial charge in [0.25, 0.3) is 5.91 Å². The highest BCUT2D eigenvalue weighted by Gasteiger charge is 2.11. The number of hydrogen-bond acceptors (Lipinski definition) is 4. The highest BCUT2D eigenvalue weighted by atomic mass is 35.5. The SMILES string of the molecule is COC(=O)c1ccc(C)c(NC(=O)COc2cc(Cl)ccc2Cl)c1. The summed E-state index contributed by atoms with van der Waals surface area (Å²) >= 11 is 11.8. The molecule has 0 atom stereocenters. The second-order valence-corrected chi connectivity index (χ2v) is 5.78.